The highest BCUT2D eigenvalue weighted by atomic mass is 16.3. The summed E-state index contributed by atoms with van der Waals surface area (Å²) >= 11 is 0. The highest BCUT2D eigenvalue weighted by Crippen LogP contribution is 2.36. The molecule has 4 unspecified atom stereocenters. The number of aliphatic hydroxyl groups is 1. The molecular formula is C14H20N4O2. The molecule has 0 bridgehead atoms. The smallest absolute Gasteiger partial charge is 0.275 e. The maximum atomic E-state index is 11.7. The van der Waals surface area contributed by atoms with Crippen molar-refractivity contribution < 1.29 is 5.11 Å². The van der Waals surface area contributed by atoms with Gasteiger partial charge in [-0.1, -0.05) is 20.3 Å². The van der Waals surface area contributed by atoms with Gasteiger partial charge in [-0.3, -0.25) is 4.79 Å². The lowest BCUT2D eigenvalue weighted by Gasteiger charge is -2.15. The Bertz CT molecular complexity index is 662. The van der Waals surface area contributed by atoms with Gasteiger partial charge in [-0.2, -0.15) is 0 Å². The number of nitrogens with one attached hydrogen (secondary N) is 3. The van der Waals surface area contributed by atoms with Gasteiger partial charge in [0.25, 0.3) is 5.56 Å². The molecule has 4 N–H and O–H groups in total. The number of aromatic nitrogens is 3. The van der Waals surface area contributed by atoms with E-state index >= 15 is 0 Å². The van der Waals surface area contributed by atoms with Crippen LogP contribution in [0.5, 0.6) is 0 Å². The lowest BCUT2D eigenvalue weighted by molar-refractivity contribution is 0.116. The monoisotopic (exact) mass is 276 g/mol. The number of aromatic amines is 2. The minimum Gasteiger partial charge on any atom is -0.391 e. The van der Waals surface area contributed by atoms with Crippen molar-refractivity contribution in [3.05, 3.63) is 28.4 Å². The molecule has 1 fully saturated rings. The van der Waals surface area contributed by atoms with Gasteiger partial charge in [-0.15, -0.1) is 0 Å². The molecule has 2 aromatic heterocycles. The van der Waals surface area contributed by atoms with E-state index in [9.17, 15) is 9.90 Å². The van der Waals surface area contributed by atoms with E-state index in [0.29, 0.717) is 11.0 Å². The van der Waals surface area contributed by atoms with Gasteiger partial charge >= 0.3 is 0 Å². The molecule has 3 rings (SSSR count). The fourth-order valence-corrected chi connectivity index (χ4v) is 3.19. The number of nitrogens with zero attached hydrogens (tertiary/aromatic N) is 1. The van der Waals surface area contributed by atoms with Crippen LogP contribution in [0.1, 0.15) is 38.3 Å². The summed E-state index contributed by atoms with van der Waals surface area (Å²) in [5.74, 6) is 0.0895. The first kappa shape index (κ1) is 13.3. The zero-order valence-corrected chi connectivity index (χ0v) is 11.7. The number of fused-ring (bicyclic) bond motifs is 1. The average molecular weight is 276 g/mol. The van der Waals surface area contributed by atoms with Crippen LogP contribution < -0.4 is 10.9 Å². The summed E-state index contributed by atoms with van der Waals surface area (Å²) in [6, 6.07) is 0.122. The third-order valence-electron chi connectivity index (χ3n) is 4.30. The average Bonchev–Trinajstić information content (AvgIpc) is 2.97. The second-order valence-electron chi connectivity index (χ2n) is 5.59. The molecule has 6 nitrogen and oxygen atoms in total. The molecule has 6 heteroatoms. The Morgan fingerprint density at radius 3 is 2.95 bits per heavy atom. The van der Waals surface area contributed by atoms with Gasteiger partial charge in [0.1, 0.15) is 11.0 Å². The van der Waals surface area contributed by atoms with E-state index in [-0.39, 0.29) is 29.7 Å². The highest BCUT2D eigenvalue weighted by Gasteiger charge is 2.40. The van der Waals surface area contributed by atoms with E-state index in [1.165, 1.54) is 6.33 Å². The number of rotatable bonds is 3. The predicted molar refractivity (Wildman–Crippen MR) is 76.5 cm³/mol. The van der Waals surface area contributed by atoms with Gasteiger partial charge in [0.15, 0.2) is 0 Å². The summed E-state index contributed by atoms with van der Waals surface area (Å²) in [6.45, 7) is 4.14. The van der Waals surface area contributed by atoms with Gasteiger partial charge in [0.2, 0.25) is 0 Å². The Labute approximate surface area is 116 Å². The van der Waals surface area contributed by atoms with Gasteiger partial charge in [-0.05, 0) is 6.42 Å². The van der Waals surface area contributed by atoms with Gasteiger partial charge in [-0.25, -0.2) is 4.98 Å². The molecule has 108 valence electrons. The quantitative estimate of drug-likeness (QED) is 0.674. The van der Waals surface area contributed by atoms with Crippen LogP contribution in [0.25, 0.3) is 11.0 Å². The molecule has 0 aromatic carbocycles. The van der Waals surface area contributed by atoms with Gasteiger partial charge in [0.05, 0.1) is 12.4 Å². The Morgan fingerprint density at radius 1 is 1.40 bits per heavy atom. The molecule has 1 saturated heterocycles. The predicted octanol–water partition coefficient (Wildman–Crippen LogP) is 1.06. The van der Waals surface area contributed by atoms with Crippen molar-refractivity contribution >= 4 is 11.0 Å². The van der Waals surface area contributed by atoms with E-state index in [0.717, 1.165) is 18.4 Å². The van der Waals surface area contributed by atoms with Gasteiger partial charge < -0.3 is 20.4 Å². The Kier molecular flexibility index (Phi) is 3.35. The molecule has 0 aliphatic carbocycles. The van der Waals surface area contributed by atoms with Crippen molar-refractivity contribution in [2.45, 2.75) is 44.9 Å². The van der Waals surface area contributed by atoms with E-state index in [1.54, 1.807) is 0 Å². The largest absolute Gasteiger partial charge is 0.391 e. The zero-order chi connectivity index (χ0) is 14.3. The second kappa shape index (κ2) is 5.03. The first-order chi connectivity index (χ1) is 9.63. The third-order valence-corrected chi connectivity index (χ3v) is 4.30. The SMILES string of the molecule is CCCC1NC(c2c[nH]c3c(=O)[nH]cnc23)C(C)C1O. The zero-order valence-electron chi connectivity index (χ0n) is 11.7. The summed E-state index contributed by atoms with van der Waals surface area (Å²) in [6.07, 6.45) is 4.84. The topological polar surface area (TPSA) is 93.8 Å². The highest BCUT2D eigenvalue weighted by molar-refractivity contribution is 5.78. The molecule has 1 aliphatic rings. The lowest BCUT2D eigenvalue weighted by atomic mass is 9.93. The number of aliphatic hydroxyl groups excluding tert-OH is 1. The fourth-order valence-electron chi connectivity index (χ4n) is 3.19. The molecule has 2 aromatic rings. The summed E-state index contributed by atoms with van der Waals surface area (Å²) in [7, 11) is 0. The summed E-state index contributed by atoms with van der Waals surface area (Å²) in [5, 5.41) is 13.8. The normalized spacial score (nSPS) is 30.1. The second-order valence-corrected chi connectivity index (χ2v) is 5.59. The number of hydrogen-bond donors (Lipinski definition) is 4. The van der Waals surface area contributed by atoms with Crippen LogP contribution in [0.3, 0.4) is 0 Å². The van der Waals surface area contributed by atoms with Crippen molar-refractivity contribution in [1.29, 1.82) is 0 Å². The Hall–Kier alpha value is -1.66. The Balaban J connectivity index is 1.99. The molecule has 20 heavy (non-hydrogen) atoms. The van der Waals surface area contributed by atoms with E-state index < -0.39 is 0 Å². The third kappa shape index (κ3) is 1.96. The number of H-pyrrole nitrogens is 2. The molecule has 0 spiro atoms. The lowest BCUT2D eigenvalue weighted by Crippen LogP contribution is -2.31. The molecular weight excluding hydrogens is 256 g/mol. The van der Waals surface area contributed by atoms with Crippen LogP contribution in [-0.4, -0.2) is 32.2 Å². The number of hydrogen-bond acceptors (Lipinski definition) is 4. The standard InChI is InChI=1S/C14H20N4O2/c1-3-4-9-13(19)7(2)10(18-9)8-5-15-12-11(8)16-6-17-14(12)20/h5-7,9-10,13,15,18-19H,3-4H2,1-2H3,(H,16,17,20). The molecule has 1 aliphatic heterocycles. The van der Waals surface area contributed by atoms with Crippen LogP contribution in [0.4, 0.5) is 0 Å². The molecule has 0 radical (unpaired) electrons. The summed E-state index contributed by atoms with van der Waals surface area (Å²) in [5.41, 5.74) is 1.96. The van der Waals surface area contributed by atoms with Crippen molar-refractivity contribution in [1.82, 2.24) is 20.3 Å². The first-order valence-corrected chi connectivity index (χ1v) is 7.12. The Morgan fingerprint density at radius 2 is 2.20 bits per heavy atom. The fraction of sp³-hybridized carbons (Fsp3) is 0.571. The maximum Gasteiger partial charge on any atom is 0.275 e. The molecule has 0 amide bonds. The van der Waals surface area contributed by atoms with Crippen molar-refractivity contribution in [2.24, 2.45) is 5.92 Å². The van der Waals surface area contributed by atoms with Crippen LogP contribution in [-0.2, 0) is 0 Å². The first-order valence-electron chi connectivity index (χ1n) is 7.12. The van der Waals surface area contributed by atoms with E-state index in [4.69, 9.17) is 0 Å². The maximum absolute atomic E-state index is 11.7. The summed E-state index contributed by atoms with van der Waals surface area (Å²) < 4.78 is 0. The van der Waals surface area contributed by atoms with Crippen LogP contribution in [0.15, 0.2) is 17.3 Å². The minimum absolute atomic E-state index is 0.0181. The van der Waals surface area contributed by atoms with Crippen molar-refractivity contribution in [3.8, 4) is 0 Å². The molecule has 0 saturated carbocycles. The van der Waals surface area contributed by atoms with E-state index in [2.05, 4.69) is 27.2 Å². The van der Waals surface area contributed by atoms with Crippen LogP contribution in [0, 0.1) is 5.92 Å². The van der Waals surface area contributed by atoms with Crippen LogP contribution in [0.2, 0.25) is 0 Å². The molecule has 4 atom stereocenters. The van der Waals surface area contributed by atoms with E-state index in [1.807, 2.05) is 13.1 Å². The van der Waals surface area contributed by atoms with Gasteiger partial charge in [0, 0.05) is 29.8 Å². The van der Waals surface area contributed by atoms with Crippen molar-refractivity contribution in [2.75, 3.05) is 0 Å². The van der Waals surface area contributed by atoms with Crippen LogP contribution >= 0.6 is 0 Å². The molecule has 3 heterocycles. The van der Waals surface area contributed by atoms with Crippen molar-refractivity contribution in [3.63, 3.8) is 0 Å². The minimum atomic E-state index is -0.369. The summed E-state index contributed by atoms with van der Waals surface area (Å²) in [4.78, 5) is 21.5.